The summed E-state index contributed by atoms with van der Waals surface area (Å²) >= 11 is 0.882. The zero-order chi connectivity index (χ0) is 19.4. The number of hydrogen-bond donors (Lipinski definition) is 1. The number of aromatic nitrogens is 2. The van der Waals surface area contributed by atoms with E-state index in [1.807, 2.05) is 13.8 Å². The van der Waals surface area contributed by atoms with E-state index in [9.17, 15) is 14.4 Å². The van der Waals surface area contributed by atoms with Crippen molar-refractivity contribution in [3.05, 3.63) is 62.7 Å². The van der Waals surface area contributed by atoms with Crippen molar-refractivity contribution in [2.24, 2.45) is 0 Å². The normalized spacial score (nSPS) is 15.3. The molecule has 1 aromatic heterocycles. The van der Waals surface area contributed by atoms with Gasteiger partial charge in [0.1, 0.15) is 18.2 Å². The van der Waals surface area contributed by atoms with Gasteiger partial charge in [0.2, 0.25) is 0 Å². The molecule has 0 unspecified atom stereocenters. The van der Waals surface area contributed by atoms with Gasteiger partial charge in [-0.15, -0.1) is 0 Å². The largest absolute Gasteiger partial charge is 0.492 e. The first-order valence-electron chi connectivity index (χ1n) is 8.51. The third kappa shape index (κ3) is 4.65. The summed E-state index contributed by atoms with van der Waals surface area (Å²) in [4.78, 5) is 39.6. The molecule has 1 fully saturated rings. The Kier molecular flexibility index (Phi) is 5.75. The number of carbonyl (C=O) groups is 2. The van der Waals surface area contributed by atoms with Crippen molar-refractivity contribution in [3.63, 3.8) is 0 Å². The van der Waals surface area contributed by atoms with Gasteiger partial charge < -0.3 is 4.74 Å². The second-order valence-corrected chi connectivity index (χ2v) is 6.94. The highest BCUT2D eigenvalue weighted by Gasteiger charge is 2.24. The molecule has 2 aromatic rings. The first-order valence-corrected chi connectivity index (χ1v) is 9.33. The smallest absolute Gasteiger partial charge is 0.290 e. The van der Waals surface area contributed by atoms with Crippen LogP contribution in [-0.2, 0) is 17.8 Å². The fourth-order valence-corrected chi connectivity index (χ4v) is 3.36. The number of aryl methyl sites for hydroxylation is 2. The van der Waals surface area contributed by atoms with Gasteiger partial charge in [0.05, 0.1) is 11.4 Å². The molecular formula is C19H19N3O4S. The number of rotatable bonds is 6. The van der Waals surface area contributed by atoms with Crippen molar-refractivity contribution >= 4 is 29.0 Å². The number of ether oxygens (including phenoxy) is 1. The molecule has 1 aromatic carbocycles. The van der Waals surface area contributed by atoms with Crippen LogP contribution in [-0.4, -0.2) is 27.3 Å². The molecule has 1 N–H and O–H groups in total. The van der Waals surface area contributed by atoms with Crippen LogP contribution in [0.3, 0.4) is 0 Å². The van der Waals surface area contributed by atoms with E-state index in [2.05, 4.69) is 10.3 Å². The standard InChI is InChI=1S/C19H19N3O4S/c1-3-16-20-12(2)10-17(23)22(16)8-9-26-14-6-4-13(5-7-14)11-15-18(24)21-19(25)27-15/h4-7,10-11H,3,8-9H2,1-2H3,(H,21,24,25)/b15-11-. The van der Waals surface area contributed by atoms with Gasteiger partial charge in [0.15, 0.2) is 0 Å². The summed E-state index contributed by atoms with van der Waals surface area (Å²) in [6.45, 7) is 4.52. The van der Waals surface area contributed by atoms with Gasteiger partial charge in [-0.2, -0.15) is 0 Å². The predicted octanol–water partition coefficient (Wildman–Crippen LogP) is 2.52. The lowest BCUT2D eigenvalue weighted by molar-refractivity contribution is -0.115. The summed E-state index contributed by atoms with van der Waals surface area (Å²) in [6, 6.07) is 8.68. The fraction of sp³-hybridized carbons (Fsp3) is 0.263. The van der Waals surface area contributed by atoms with Crippen LogP contribution in [0.4, 0.5) is 4.79 Å². The number of hydrogen-bond acceptors (Lipinski definition) is 6. The van der Waals surface area contributed by atoms with E-state index in [1.165, 1.54) is 6.07 Å². The Hall–Kier alpha value is -2.87. The molecule has 140 valence electrons. The maximum absolute atomic E-state index is 12.1. The van der Waals surface area contributed by atoms with Gasteiger partial charge in [0.25, 0.3) is 16.7 Å². The van der Waals surface area contributed by atoms with Gasteiger partial charge in [-0.3, -0.25) is 24.3 Å². The molecule has 1 saturated heterocycles. The highest BCUT2D eigenvalue weighted by atomic mass is 32.2. The number of amides is 2. The lowest BCUT2D eigenvalue weighted by atomic mass is 10.2. The Morgan fingerprint density at radius 3 is 2.59 bits per heavy atom. The summed E-state index contributed by atoms with van der Waals surface area (Å²) in [5.74, 6) is 1.02. The third-order valence-corrected chi connectivity index (χ3v) is 4.75. The molecule has 0 atom stereocenters. The second-order valence-electron chi connectivity index (χ2n) is 5.93. The molecule has 1 aliphatic rings. The average molecular weight is 385 g/mol. The van der Waals surface area contributed by atoms with Crippen LogP contribution in [0, 0.1) is 6.92 Å². The van der Waals surface area contributed by atoms with Crippen LogP contribution in [0.25, 0.3) is 6.08 Å². The summed E-state index contributed by atoms with van der Waals surface area (Å²) in [6.07, 6.45) is 2.33. The maximum atomic E-state index is 12.1. The van der Waals surface area contributed by atoms with Gasteiger partial charge >= 0.3 is 0 Å². The number of nitrogens with zero attached hydrogens (tertiary/aromatic N) is 2. The van der Waals surface area contributed by atoms with Crippen molar-refractivity contribution < 1.29 is 14.3 Å². The molecule has 2 amide bonds. The Labute approximate surface area is 160 Å². The van der Waals surface area contributed by atoms with E-state index >= 15 is 0 Å². The summed E-state index contributed by atoms with van der Waals surface area (Å²) in [7, 11) is 0. The van der Waals surface area contributed by atoms with Crippen molar-refractivity contribution in [1.82, 2.24) is 14.9 Å². The van der Waals surface area contributed by atoms with Crippen LogP contribution in [0.1, 0.15) is 24.0 Å². The maximum Gasteiger partial charge on any atom is 0.290 e. The minimum Gasteiger partial charge on any atom is -0.492 e. The average Bonchev–Trinajstić information content (AvgIpc) is 2.95. The third-order valence-electron chi connectivity index (χ3n) is 3.94. The first-order chi connectivity index (χ1) is 13.0. The Bertz CT molecular complexity index is 964. The topological polar surface area (TPSA) is 90.3 Å². The fourth-order valence-electron chi connectivity index (χ4n) is 2.68. The minimum atomic E-state index is -0.380. The van der Waals surface area contributed by atoms with Gasteiger partial charge in [-0.05, 0) is 42.5 Å². The van der Waals surface area contributed by atoms with E-state index in [4.69, 9.17) is 4.74 Å². The van der Waals surface area contributed by atoms with E-state index in [-0.39, 0.29) is 16.7 Å². The molecule has 7 nitrogen and oxygen atoms in total. The predicted molar refractivity (Wildman–Crippen MR) is 104 cm³/mol. The van der Waals surface area contributed by atoms with Crippen molar-refractivity contribution in [2.75, 3.05) is 6.61 Å². The Balaban J connectivity index is 1.62. The summed E-state index contributed by atoms with van der Waals surface area (Å²) in [5.41, 5.74) is 1.43. The number of carbonyl (C=O) groups excluding carboxylic acids is 2. The number of nitrogens with one attached hydrogen (secondary N) is 1. The lowest BCUT2D eigenvalue weighted by Crippen LogP contribution is -2.27. The van der Waals surface area contributed by atoms with E-state index in [1.54, 1.807) is 34.9 Å². The van der Waals surface area contributed by atoms with Gasteiger partial charge in [-0.25, -0.2) is 4.98 Å². The monoisotopic (exact) mass is 385 g/mol. The van der Waals surface area contributed by atoms with Crippen molar-refractivity contribution in [2.45, 2.75) is 26.8 Å². The molecule has 8 heteroatoms. The quantitative estimate of drug-likeness (QED) is 0.769. The lowest BCUT2D eigenvalue weighted by Gasteiger charge is -2.12. The zero-order valence-electron chi connectivity index (χ0n) is 15.0. The minimum absolute atomic E-state index is 0.0770. The van der Waals surface area contributed by atoms with Crippen molar-refractivity contribution in [3.8, 4) is 5.75 Å². The molecule has 27 heavy (non-hydrogen) atoms. The van der Waals surface area contributed by atoms with Crippen LogP contribution in [0.5, 0.6) is 5.75 Å². The van der Waals surface area contributed by atoms with Crippen molar-refractivity contribution in [1.29, 1.82) is 0 Å². The molecule has 0 spiro atoms. The molecule has 0 bridgehead atoms. The summed E-state index contributed by atoms with van der Waals surface area (Å²) < 4.78 is 7.33. The molecule has 0 radical (unpaired) electrons. The van der Waals surface area contributed by atoms with Crippen LogP contribution < -0.4 is 15.6 Å². The second kappa shape index (κ2) is 8.22. The molecule has 0 aliphatic carbocycles. The molecule has 1 aliphatic heterocycles. The van der Waals surface area contributed by atoms with E-state index < -0.39 is 0 Å². The SMILES string of the molecule is CCc1nc(C)cc(=O)n1CCOc1ccc(/C=C2\SC(=O)NC2=O)cc1. The number of thioether (sulfide) groups is 1. The first kappa shape index (κ1) is 18.9. The Morgan fingerprint density at radius 1 is 1.22 bits per heavy atom. The zero-order valence-corrected chi connectivity index (χ0v) is 15.8. The van der Waals surface area contributed by atoms with Crippen LogP contribution in [0.15, 0.2) is 40.0 Å². The van der Waals surface area contributed by atoms with Crippen LogP contribution in [0.2, 0.25) is 0 Å². The number of imide groups is 1. The van der Waals surface area contributed by atoms with E-state index in [0.717, 1.165) is 28.8 Å². The molecule has 3 rings (SSSR count). The molecular weight excluding hydrogens is 366 g/mol. The van der Waals surface area contributed by atoms with E-state index in [0.29, 0.717) is 30.2 Å². The number of benzene rings is 1. The van der Waals surface area contributed by atoms with Gasteiger partial charge in [-0.1, -0.05) is 19.1 Å². The Morgan fingerprint density at radius 2 is 1.96 bits per heavy atom. The highest BCUT2D eigenvalue weighted by Crippen LogP contribution is 2.26. The van der Waals surface area contributed by atoms with Crippen LogP contribution >= 0.6 is 11.8 Å². The summed E-state index contributed by atoms with van der Waals surface area (Å²) in [5, 5.41) is 1.86. The molecule has 0 saturated carbocycles. The highest BCUT2D eigenvalue weighted by molar-refractivity contribution is 8.18. The van der Waals surface area contributed by atoms with Gasteiger partial charge in [0, 0.05) is 18.2 Å². The molecule has 2 heterocycles.